The van der Waals surface area contributed by atoms with E-state index in [2.05, 4.69) is 15.9 Å². The summed E-state index contributed by atoms with van der Waals surface area (Å²) < 4.78 is 13.1. The third kappa shape index (κ3) is 7.79. The van der Waals surface area contributed by atoms with Crippen molar-refractivity contribution >= 4 is 24.0 Å². The summed E-state index contributed by atoms with van der Waals surface area (Å²) in [6, 6.07) is 1.94. The molecule has 0 atom stereocenters. The predicted octanol–water partition coefficient (Wildman–Crippen LogP) is 1.15. The van der Waals surface area contributed by atoms with Gasteiger partial charge in [0.25, 0.3) is 0 Å². The number of nitrogens with zero attached hydrogens (tertiary/aromatic N) is 1. The van der Waals surface area contributed by atoms with Crippen LogP contribution in [-0.4, -0.2) is 8.05 Å². The number of nitriles is 1. The SMILES string of the molecule is N#C[C](=[W])/C(Br)=C\[C](F)=[W].[W]. The summed E-state index contributed by atoms with van der Waals surface area (Å²) in [5.41, 5.74) is 0. The molecular weight excluding hydrogens is 724 g/mol. The van der Waals surface area contributed by atoms with Crippen molar-refractivity contribution in [3.63, 3.8) is 0 Å². The zero-order chi connectivity index (χ0) is 8.15. The maximum Gasteiger partial charge on any atom is 0 e. The third-order valence-electron chi connectivity index (χ3n) is 0.559. The van der Waals surface area contributed by atoms with Crippen LogP contribution in [0.2, 0.25) is 0 Å². The van der Waals surface area contributed by atoms with E-state index in [0.29, 0.717) is 8.38 Å². The van der Waals surface area contributed by atoms with Crippen LogP contribution in [-0.2, 0) is 59.8 Å². The van der Waals surface area contributed by atoms with Crippen molar-refractivity contribution in [2.45, 2.75) is 0 Å². The van der Waals surface area contributed by atoms with Gasteiger partial charge in [-0.25, -0.2) is 0 Å². The van der Waals surface area contributed by atoms with Gasteiger partial charge in [-0.15, -0.1) is 0 Å². The zero-order valence-electron chi connectivity index (χ0n) is 5.01. The fourth-order valence-corrected chi connectivity index (χ4v) is 1.74. The molecule has 0 heterocycles. The van der Waals surface area contributed by atoms with E-state index in [0.717, 1.165) is 38.7 Å². The van der Waals surface area contributed by atoms with Crippen LogP contribution >= 0.6 is 15.9 Å². The second-order valence-corrected chi connectivity index (χ2v) is 4.96. The van der Waals surface area contributed by atoms with Crippen molar-refractivity contribution in [2.24, 2.45) is 0 Å². The van der Waals surface area contributed by atoms with Crippen LogP contribution < -0.4 is 0 Å². The van der Waals surface area contributed by atoms with Gasteiger partial charge in [0.15, 0.2) is 0 Å². The second-order valence-electron chi connectivity index (χ2n) is 1.24. The van der Waals surface area contributed by atoms with Crippen molar-refractivity contribution in [3.05, 3.63) is 10.6 Å². The van der Waals surface area contributed by atoms with E-state index < -0.39 is 0 Å². The maximum absolute atomic E-state index is 12.2. The molecular formula is C5HBrFNW3. The summed E-state index contributed by atoms with van der Waals surface area (Å²) >= 11 is 4.89. The third-order valence-corrected chi connectivity index (χ3v) is 3.76. The first kappa shape index (κ1) is 14.9. The van der Waals surface area contributed by atoms with Gasteiger partial charge in [-0.2, -0.15) is 0 Å². The number of hydrogen-bond acceptors (Lipinski definition) is 1. The zero-order valence-corrected chi connectivity index (χ0v) is 15.4. The first-order valence-electron chi connectivity index (χ1n) is 2.09. The van der Waals surface area contributed by atoms with E-state index in [1.54, 1.807) is 0 Å². The summed E-state index contributed by atoms with van der Waals surface area (Å²) in [5.74, 6) is 0. The van der Waals surface area contributed by atoms with Gasteiger partial charge in [0, 0.05) is 21.1 Å². The van der Waals surface area contributed by atoms with Crippen LogP contribution in [0.4, 0.5) is 4.39 Å². The van der Waals surface area contributed by atoms with Gasteiger partial charge in [0.1, 0.15) is 0 Å². The Morgan fingerprint density at radius 2 is 2.00 bits per heavy atom. The predicted molar refractivity (Wildman–Crippen MR) is 33.7 cm³/mol. The van der Waals surface area contributed by atoms with Crippen LogP contribution in [0.15, 0.2) is 10.6 Å². The van der Waals surface area contributed by atoms with Gasteiger partial charge in [-0.1, -0.05) is 0 Å². The van der Waals surface area contributed by atoms with Crippen LogP contribution in [0.5, 0.6) is 0 Å². The molecule has 0 rings (SSSR count). The molecule has 0 aromatic heterocycles. The summed E-state index contributed by atoms with van der Waals surface area (Å²) in [7, 11) is 0. The molecule has 0 aliphatic carbocycles. The molecule has 0 fully saturated rings. The average molecular weight is 725 g/mol. The molecule has 0 N–H and O–H groups in total. The van der Waals surface area contributed by atoms with Crippen LogP contribution in [0.1, 0.15) is 0 Å². The smallest absolute Gasteiger partial charge is 0 e. The van der Waals surface area contributed by atoms with Gasteiger partial charge >= 0.3 is 89.0 Å². The Hall–Kier alpha value is 1.44. The van der Waals surface area contributed by atoms with Gasteiger partial charge in [-0.3, -0.25) is 0 Å². The molecule has 0 aliphatic heterocycles. The minimum atomic E-state index is -0.221. The Balaban J connectivity index is 0. The van der Waals surface area contributed by atoms with Crippen LogP contribution in [0.3, 0.4) is 0 Å². The molecule has 0 bridgehead atoms. The van der Waals surface area contributed by atoms with E-state index in [1.807, 2.05) is 6.07 Å². The van der Waals surface area contributed by atoms with E-state index in [1.165, 1.54) is 6.08 Å². The molecule has 11 heavy (non-hydrogen) atoms. The van der Waals surface area contributed by atoms with Crippen LogP contribution in [0.25, 0.3) is 0 Å². The largest absolute Gasteiger partial charge is 0 e. The number of rotatable bonds is 2. The fourth-order valence-electron chi connectivity index (χ4n) is 0.219. The molecule has 0 saturated heterocycles. The molecule has 58 valence electrons. The molecule has 1 nitrogen and oxygen atoms in total. The average Bonchev–Trinajstić information content (AvgIpc) is 1.85. The Morgan fingerprint density at radius 1 is 1.55 bits per heavy atom. The summed E-state index contributed by atoms with van der Waals surface area (Å²) in [4.78, 5) is 0. The van der Waals surface area contributed by atoms with Gasteiger partial charge < -0.3 is 0 Å². The molecule has 0 aromatic rings. The number of halogens is 2. The molecule has 0 saturated carbocycles. The van der Waals surface area contributed by atoms with E-state index >= 15 is 0 Å². The summed E-state index contributed by atoms with van der Waals surface area (Å²) in [6.07, 6.45) is 1.32. The molecule has 0 aliphatic rings. The molecule has 0 radical (unpaired) electrons. The second kappa shape index (κ2) is 8.06. The normalized spacial score (nSPS) is 9.36. The topological polar surface area (TPSA) is 23.8 Å². The molecule has 6 heteroatoms. The van der Waals surface area contributed by atoms with E-state index in [4.69, 9.17) is 5.26 Å². The number of hydrogen-bond donors (Lipinski definition) is 0. The van der Waals surface area contributed by atoms with Gasteiger partial charge in [-0.05, 0) is 0 Å². The van der Waals surface area contributed by atoms with E-state index in [9.17, 15) is 4.39 Å². The Kier molecular flexibility index (Phi) is 11.0. The fraction of sp³-hybridized carbons (Fsp3) is 0. The summed E-state index contributed by atoms with van der Waals surface area (Å²) in [6.45, 7) is 0. The van der Waals surface area contributed by atoms with E-state index in [-0.39, 0.29) is 25.2 Å². The van der Waals surface area contributed by atoms with Crippen molar-refractivity contribution in [1.82, 2.24) is 0 Å². The standard InChI is InChI=1S/C5HBrFN.3W/c6-5(1-3-7)2-4-8;;;/h1H;;;/b5-1+;;;. The quantitative estimate of drug-likeness (QED) is 0.420. The molecule has 0 amide bonds. The Morgan fingerprint density at radius 3 is 2.27 bits per heavy atom. The Labute approximate surface area is 109 Å². The monoisotopic (exact) mass is 725 g/mol. The van der Waals surface area contributed by atoms with Crippen molar-refractivity contribution in [1.29, 1.82) is 5.26 Å². The number of allylic oxidation sites excluding steroid dienone is 2. The Bertz CT molecular complexity index is 243. The van der Waals surface area contributed by atoms with Crippen molar-refractivity contribution in [3.8, 4) is 6.07 Å². The van der Waals surface area contributed by atoms with Crippen molar-refractivity contribution in [2.75, 3.05) is 0 Å². The first-order chi connectivity index (χ1) is 4.57. The van der Waals surface area contributed by atoms with Crippen LogP contribution in [0, 0.1) is 11.3 Å². The minimum Gasteiger partial charge on any atom is 0 e. The molecule has 0 unspecified atom stereocenters. The minimum absolute atomic E-state index is 0. The van der Waals surface area contributed by atoms with Gasteiger partial charge in [0.05, 0.1) is 0 Å². The molecule has 0 spiro atoms. The van der Waals surface area contributed by atoms with Gasteiger partial charge in [0.2, 0.25) is 0 Å². The first-order valence-corrected chi connectivity index (χ1v) is 5.81. The maximum atomic E-state index is 12.2. The summed E-state index contributed by atoms with van der Waals surface area (Å²) in [5, 5.41) is 8.36. The molecule has 0 aromatic carbocycles. The van der Waals surface area contributed by atoms with Crippen molar-refractivity contribution < 1.29 is 64.2 Å².